The minimum Gasteiger partial charge on any atom is -0.466 e. The molecule has 0 bridgehead atoms. The smallest absolute Gasteiger partial charge is 0.302 e. The molecule has 4 aliphatic carbocycles. The summed E-state index contributed by atoms with van der Waals surface area (Å²) in [6.45, 7) is 14.5. The van der Waals surface area contributed by atoms with E-state index in [1.54, 1.807) is 0 Å². The van der Waals surface area contributed by atoms with E-state index in [1.807, 2.05) is 0 Å². The number of hydrogen-bond acceptors (Lipinski definition) is 4. The van der Waals surface area contributed by atoms with E-state index in [4.69, 9.17) is 9.47 Å². The van der Waals surface area contributed by atoms with Crippen LogP contribution in [0.4, 0.5) is 0 Å². The van der Waals surface area contributed by atoms with Gasteiger partial charge in [-0.15, -0.1) is 0 Å². The molecule has 1 N–H and O–H groups in total. The van der Waals surface area contributed by atoms with Crippen LogP contribution in [-0.4, -0.2) is 29.4 Å². The van der Waals surface area contributed by atoms with Crippen LogP contribution in [0, 0.1) is 46.3 Å². The van der Waals surface area contributed by atoms with E-state index in [-0.39, 0.29) is 34.4 Å². The van der Waals surface area contributed by atoms with Gasteiger partial charge >= 0.3 is 5.97 Å². The molecule has 3 saturated carbocycles. The highest BCUT2D eigenvalue weighted by Crippen LogP contribution is 2.70. The zero-order valence-corrected chi connectivity index (χ0v) is 27.4. The van der Waals surface area contributed by atoms with Gasteiger partial charge in [-0.2, -0.15) is 0 Å². The Hall–Kier alpha value is -1.65. The quantitative estimate of drug-likeness (QED) is 0.210. The summed E-state index contributed by atoms with van der Waals surface area (Å²) < 4.78 is 12.6. The van der Waals surface area contributed by atoms with E-state index in [9.17, 15) is 9.90 Å². The first-order chi connectivity index (χ1) is 20.0. The third kappa shape index (κ3) is 5.76. The van der Waals surface area contributed by atoms with Crippen molar-refractivity contribution < 1.29 is 19.4 Å². The summed E-state index contributed by atoms with van der Waals surface area (Å²) in [6, 6.07) is 10.8. The number of ether oxygens (including phenoxy) is 2. The summed E-state index contributed by atoms with van der Waals surface area (Å²) in [4.78, 5) is 11.3. The maximum Gasteiger partial charge on any atom is 0.302 e. The molecule has 6 unspecified atom stereocenters. The van der Waals surface area contributed by atoms with Gasteiger partial charge in [-0.05, 0) is 104 Å². The second-order valence-electron chi connectivity index (χ2n) is 15.4. The number of allylic oxidation sites excluding steroid dienone is 1. The van der Waals surface area contributed by atoms with E-state index in [1.165, 1.54) is 56.6 Å². The molecule has 0 aliphatic heterocycles. The van der Waals surface area contributed by atoms with Gasteiger partial charge in [0.1, 0.15) is 0 Å². The fourth-order valence-corrected chi connectivity index (χ4v) is 10.4. The van der Waals surface area contributed by atoms with Gasteiger partial charge < -0.3 is 14.6 Å². The average Bonchev–Trinajstić information content (AvgIpc) is 3.32. The van der Waals surface area contributed by atoms with Crippen LogP contribution in [0.3, 0.4) is 0 Å². The second kappa shape index (κ2) is 12.8. The molecular formula is C38H58O4. The number of esters is 1. The van der Waals surface area contributed by atoms with E-state index in [0.717, 1.165) is 38.0 Å². The molecule has 1 aromatic carbocycles. The number of fused-ring (bicyclic) bond motifs is 5. The van der Waals surface area contributed by atoms with Crippen molar-refractivity contribution in [3.63, 3.8) is 0 Å². The summed E-state index contributed by atoms with van der Waals surface area (Å²) in [5.41, 5.74) is 3.07. The van der Waals surface area contributed by atoms with Gasteiger partial charge in [0.05, 0.1) is 24.9 Å². The largest absolute Gasteiger partial charge is 0.466 e. The van der Waals surface area contributed by atoms with Crippen molar-refractivity contribution in [2.45, 2.75) is 130 Å². The Balaban J connectivity index is 1.35. The minimum absolute atomic E-state index is 0.0685. The van der Waals surface area contributed by atoms with Crippen molar-refractivity contribution in [3.8, 4) is 0 Å². The van der Waals surface area contributed by atoms with Crippen LogP contribution in [0.5, 0.6) is 0 Å². The molecular weight excluding hydrogens is 520 g/mol. The number of aliphatic hydroxyl groups is 1. The van der Waals surface area contributed by atoms with Crippen LogP contribution in [0.2, 0.25) is 0 Å². The maximum absolute atomic E-state index is 11.6. The predicted molar refractivity (Wildman–Crippen MR) is 170 cm³/mol. The first-order valence-electron chi connectivity index (χ1n) is 17.2. The van der Waals surface area contributed by atoms with Crippen molar-refractivity contribution in [3.05, 3.63) is 47.5 Å². The van der Waals surface area contributed by atoms with Crippen LogP contribution in [0.25, 0.3) is 0 Å². The lowest BCUT2D eigenvalue weighted by atomic mass is 9.42. The number of rotatable bonds is 11. The van der Waals surface area contributed by atoms with E-state index >= 15 is 0 Å². The second-order valence-corrected chi connectivity index (χ2v) is 15.4. The molecule has 3 fully saturated rings. The standard InChI is InChI=1S/C38H58O4/c1-26(2)30(19-23-41-28(4)39)24-35(40)27(3)32-17-18-33-34-16-15-31-14-10-11-20-37(31,6)38(34,22-21-36(32,33)5)42-25-29-12-8-7-9-13-29/h7-9,12-13,17,26-27,30-31,33-35,40H,10-11,14-16,18-25H2,1-6H3/t27?,30?,31?,33?,34?,35?,36-,37+,38-/m1/s1. The molecule has 4 nitrogen and oxygen atoms in total. The monoisotopic (exact) mass is 578 g/mol. The molecule has 4 heteroatoms. The fraction of sp³-hybridized carbons (Fsp3) is 0.763. The number of aliphatic hydroxyl groups excluding tert-OH is 1. The van der Waals surface area contributed by atoms with Crippen LogP contribution in [0.15, 0.2) is 42.0 Å². The van der Waals surface area contributed by atoms with E-state index in [2.05, 4.69) is 71.0 Å². The van der Waals surface area contributed by atoms with E-state index in [0.29, 0.717) is 36.9 Å². The van der Waals surface area contributed by atoms with E-state index < -0.39 is 0 Å². The molecule has 0 amide bonds. The van der Waals surface area contributed by atoms with Gasteiger partial charge in [0.2, 0.25) is 0 Å². The molecule has 0 heterocycles. The summed E-state index contributed by atoms with van der Waals surface area (Å²) in [6.07, 6.45) is 15.1. The Bertz CT molecular complexity index is 1100. The van der Waals surface area contributed by atoms with Crippen molar-refractivity contribution in [1.29, 1.82) is 0 Å². The lowest BCUT2D eigenvalue weighted by Crippen LogP contribution is -2.66. The molecule has 4 aliphatic rings. The molecule has 0 spiro atoms. The maximum atomic E-state index is 11.6. The Morgan fingerprint density at radius 2 is 1.76 bits per heavy atom. The third-order valence-corrected chi connectivity index (χ3v) is 13.1. The third-order valence-electron chi connectivity index (χ3n) is 13.1. The molecule has 0 aromatic heterocycles. The highest BCUT2D eigenvalue weighted by Gasteiger charge is 2.67. The van der Waals surface area contributed by atoms with Crippen LogP contribution >= 0.6 is 0 Å². The van der Waals surface area contributed by atoms with Crippen molar-refractivity contribution in [1.82, 2.24) is 0 Å². The topological polar surface area (TPSA) is 55.8 Å². The Labute approximate surface area is 256 Å². The highest BCUT2D eigenvalue weighted by atomic mass is 16.5. The molecule has 0 radical (unpaired) electrons. The zero-order chi connectivity index (χ0) is 30.1. The molecule has 1 aromatic rings. The highest BCUT2D eigenvalue weighted by molar-refractivity contribution is 5.65. The minimum atomic E-state index is -0.385. The lowest BCUT2D eigenvalue weighted by Gasteiger charge is -2.66. The Morgan fingerprint density at radius 1 is 1.00 bits per heavy atom. The van der Waals surface area contributed by atoms with Gasteiger partial charge in [0.15, 0.2) is 0 Å². The van der Waals surface area contributed by atoms with Gasteiger partial charge in [-0.25, -0.2) is 0 Å². The van der Waals surface area contributed by atoms with Crippen molar-refractivity contribution in [2.24, 2.45) is 46.3 Å². The summed E-state index contributed by atoms with van der Waals surface area (Å²) in [5.74, 6) is 2.59. The average molecular weight is 579 g/mol. The molecule has 234 valence electrons. The van der Waals surface area contributed by atoms with Gasteiger partial charge in [0, 0.05) is 12.8 Å². The van der Waals surface area contributed by atoms with Crippen LogP contribution in [-0.2, 0) is 20.9 Å². The van der Waals surface area contributed by atoms with Gasteiger partial charge in [-0.1, -0.05) is 89.4 Å². The number of hydrogen-bond donors (Lipinski definition) is 1. The summed E-state index contributed by atoms with van der Waals surface area (Å²) in [7, 11) is 0. The predicted octanol–water partition coefficient (Wildman–Crippen LogP) is 8.91. The summed E-state index contributed by atoms with van der Waals surface area (Å²) >= 11 is 0. The Morgan fingerprint density at radius 3 is 2.48 bits per heavy atom. The van der Waals surface area contributed by atoms with Crippen molar-refractivity contribution in [2.75, 3.05) is 6.61 Å². The molecule has 42 heavy (non-hydrogen) atoms. The molecule has 9 atom stereocenters. The summed E-state index contributed by atoms with van der Waals surface area (Å²) in [5, 5.41) is 11.6. The molecule has 0 saturated heterocycles. The number of carbonyl (C=O) groups is 1. The normalized spacial score (nSPS) is 36.3. The number of carbonyl (C=O) groups excluding carboxylic acids is 1. The fourth-order valence-electron chi connectivity index (χ4n) is 10.4. The first-order valence-corrected chi connectivity index (χ1v) is 17.2. The Kier molecular flexibility index (Phi) is 9.65. The van der Waals surface area contributed by atoms with Gasteiger partial charge in [-0.3, -0.25) is 4.79 Å². The van der Waals surface area contributed by atoms with Crippen LogP contribution in [0.1, 0.15) is 118 Å². The van der Waals surface area contributed by atoms with Crippen molar-refractivity contribution >= 4 is 5.97 Å². The molecule has 5 rings (SSSR count). The van der Waals surface area contributed by atoms with Crippen LogP contribution < -0.4 is 0 Å². The van der Waals surface area contributed by atoms with Gasteiger partial charge in [0.25, 0.3) is 0 Å². The SMILES string of the molecule is CC(=O)OCCC(CC(O)C(C)C1=CCC2C3CCC4CCCC[C@]4(C)[C@@]3(OCc3ccccc3)CC[C@]12C)C(C)C. The number of benzene rings is 1. The lowest BCUT2D eigenvalue weighted by molar-refractivity contribution is -0.261. The zero-order valence-electron chi connectivity index (χ0n) is 27.4. The first kappa shape index (κ1) is 31.8.